The van der Waals surface area contributed by atoms with Crippen LogP contribution in [0.4, 0.5) is 11.6 Å². The van der Waals surface area contributed by atoms with Gasteiger partial charge in [-0.05, 0) is 19.8 Å². The molecule has 88 valence electrons. The molecule has 0 aromatic carbocycles. The lowest BCUT2D eigenvalue weighted by Crippen LogP contribution is -2.33. The first-order valence-electron chi connectivity index (χ1n) is 5.70. The minimum atomic E-state index is 0.139. The molecule has 0 spiro atoms. The Labute approximate surface area is 96.1 Å². The molecule has 1 fully saturated rings. The average Bonchev–Trinajstić information content (AvgIpc) is 3.01. The monoisotopic (exact) mass is 221 g/mol. The SMILES string of the molecule is CC(N)CN(C)c1cc(NC2CC2)ncn1. The van der Waals surface area contributed by atoms with Crippen LogP contribution >= 0.6 is 0 Å². The third-order valence-corrected chi connectivity index (χ3v) is 2.53. The molecule has 1 saturated carbocycles. The third kappa shape index (κ3) is 3.06. The van der Waals surface area contributed by atoms with Crippen molar-refractivity contribution >= 4 is 11.6 Å². The minimum Gasteiger partial charge on any atom is -0.367 e. The van der Waals surface area contributed by atoms with E-state index in [4.69, 9.17) is 5.73 Å². The van der Waals surface area contributed by atoms with E-state index in [2.05, 4.69) is 15.3 Å². The maximum atomic E-state index is 5.76. The van der Waals surface area contributed by atoms with Gasteiger partial charge in [0.25, 0.3) is 0 Å². The van der Waals surface area contributed by atoms with Crippen LogP contribution in [0.1, 0.15) is 19.8 Å². The zero-order chi connectivity index (χ0) is 11.5. The lowest BCUT2D eigenvalue weighted by atomic mass is 10.3. The van der Waals surface area contributed by atoms with Crippen molar-refractivity contribution in [1.82, 2.24) is 9.97 Å². The summed E-state index contributed by atoms with van der Waals surface area (Å²) >= 11 is 0. The second-order valence-electron chi connectivity index (χ2n) is 4.54. The number of nitrogens with one attached hydrogen (secondary N) is 1. The summed E-state index contributed by atoms with van der Waals surface area (Å²) in [5.74, 6) is 1.82. The summed E-state index contributed by atoms with van der Waals surface area (Å²) in [6, 6.07) is 2.72. The molecule has 1 heterocycles. The van der Waals surface area contributed by atoms with Gasteiger partial charge in [0.05, 0.1) is 0 Å². The topological polar surface area (TPSA) is 67.1 Å². The fraction of sp³-hybridized carbons (Fsp3) is 0.636. The average molecular weight is 221 g/mol. The molecular weight excluding hydrogens is 202 g/mol. The predicted molar refractivity (Wildman–Crippen MR) is 65.6 cm³/mol. The van der Waals surface area contributed by atoms with Crippen molar-refractivity contribution in [3.63, 3.8) is 0 Å². The van der Waals surface area contributed by atoms with Crippen LogP contribution in [-0.2, 0) is 0 Å². The van der Waals surface area contributed by atoms with Crippen LogP contribution in [0.15, 0.2) is 12.4 Å². The fourth-order valence-corrected chi connectivity index (χ4v) is 1.60. The molecule has 1 unspecified atom stereocenters. The Morgan fingerprint density at radius 2 is 2.31 bits per heavy atom. The van der Waals surface area contributed by atoms with Crippen molar-refractivity contribution in [3.8, 4) is 0 Å². The molecule has 1 atom stereocenters. The molecule has 5 heteroatoms. The Bertz CT molecular complexity index is 348. The van der Waals surface area contributed by atoms with Gasteiger partial charge in [-0.1, -0.05) is 0 Å². The van der Waals surface area contributed by atoms with Crippen LogP contribution in [0, 0.1) is 0 Å². The minimum absolute atomic E-state index is 0.139. The highest BCUT2D eigenvalue weighted by Gasteiger charge is 2.21. The maximum absolute atomic E-state index is 5.76. The van der Waals surface area contributed by atoms with Crippen LogP contribution in [0.5, 0.6) is 0 Å². The van der Waals surface area contributed by atoms with Crippen LogP contribution in [-0.4, -0.2) is 35.6 Å². The van der Waals surface area contributed by atoms with Gasteiger partial charge in [-0.2, -0.15) is 0 Å². The normalized spacial score (nSPS) is 16.9. The zero-order valence-electron chi connectivity index (χ0n) is 9.85. The van der Waals surface area contributed by atoms with E-state index in [1.54, 1.807) is 6.33 Å². The van der Waals surface area contributed by atoms with Crippen molar-refractivity contribution in [2.75, 3.05) is 23.8 Å². The lowest BCUT2D eigenvalue weighted by molar-refractivity contribution is 0.711. The standard InChI is InChI=1S/C11H19N5/c1-8(12)6-16(2)11-5-10(13-7-14-11)15-9-3-4-9/h5,7-9H,3-4,6,12H2,1-2H3,(H,13,14,15). The number of anilines is 2. The van der Waals surface area contributed by atoms with Gasteiger partial charge in [0.15, 0.2) is 0 Å². The second-order valence-corrected chi connectivity index (χ2v) is 4.54. The highest BCUT2D eigenvalue weighted by molar-refractivity contribution is 5.49. The molecule has 5 nitrogen and oxygen atoms in total. The Morgan fingerprint density at radius 3 is 2.94 bits per heavy atom. The van der Waals surface area contributed by atoms with E-state index in [1.165, 1.54) is 12.8 Å². The first-order chi connectivity index (χ1) is 7.65. The molecular formula is C11H19N5. The second kappa shape index (κ2) is 4.65. The quantitative estimate of drug-likeness (QED) is 0.771. The van der Waals surface area contributed by atoms with E-state index in [-0.39, 0.29) is 6.04 Å². The molecule has 16 heavy (non-hydrogen) atoms. The van der Waals surface area contributed by atoms with Gasteiger partial charge in [-0.15, -0.1) is 0 Å². The van der Waals surface area contributed by atoms with Crippen molar-refractivity contribution in [2.24, 2.45) is 5.73 Å². The summed E-state index contributed by atoms with van der Waals surface area (Å²) in [6.07, 6.45) is 4.09. The van der Waals surface area contributed by atoms with Crippen LogP contribution in [0.3, 0.4) is 0 Å². The van der Waals surface area contributed by atoms with Gasteiger partial charge in [0.2, 0.25) is 0 Å². The summed E-state index contributed by atoms with van der Waals surface area (Å²) in [7, 11) is 1.99. The Hall–Kier alpha value is -1.36. The Morgan fingerprint density at radius 1 is 1.56 bits per heavy atom. The van der Waals surface area contributed by atoms with Gasteiger partial charge in [0, 0.05) is 31.7 Å². The summed E-state index contributed by atoms with van der Waals surface area (Å²) in [5, 5.41) is 3.36. The number of hydrogen-bond donors (Lipinski definition) is 2. The van der Waals surface area contributed by atoms with E-state index in [0.29, 0.717) is 6.04 Å². The molecule has 1 aliphatic carbocycles. The van der Waals surface area contributed by atoms with E-state index < -0.39 is 0 Å². The summed E-state index contributed by atoms with van der Waals surface area (Å²) in [6.45, 7) is 2.78. The highest BCUT2D eigenvalue weighted by Crippen LogP contribution is 2.24. The van der Waals surface area contributed by atoms with Crippen molar-refractivity contribution < 1.29 is 0 Å². The number of aromatic nitrogens is 2. The summed E-state index contributed by atoms with van der Waals surface area (Å²) in [4.78, 5) is 10.5. The van der Waals surface area contributed by atoms with E-state index in [9.17, 15) is 0 Å². The van der Waals surface area contributed by atoms with Crippen molar-refractivity contribution in [1.29, 1.82) is 0 Å². The van der Waals surface area contributed by atoms with Crippen molar-refractivity contribution in [3.05, 3.63) is 12.4 Å². The number of likely N-dealkylation sites (N-methyl/N-ethyl adjacent to an activating group) is 1. The number of hydrogen-bond acceptors (Lipinski definition) is 5. The first kappa shape index (κ1) is 11.1. The van der Waals surface area contributed by atoms with E-state index in [0.717, 1.165) is 18.2 Å². The van der Waals surface area contributed by atoms with Gasteiger partial charge in [-0.25, -0.2) is 9.97 Å². The molecule has 0 radical (unpaired) electrons. The molecule has 1 aliphatic rings. The lowest BCUT2D eigenvalue weighted by Gasteiger charge is -2.20. The molecule has 0 bridgehead atoms. The molecule has 1 aromatic heterocycles. The molecule has 2 rings (SSSR count). The predicted octanol–water partition coefficient (Wildman–Crippen LogP) is 0.834. The summed E-state index contributed by atoms with van der Waals surface area (Å²) in [5.41, 5.74) is 5.76. The van der Waals surface area contributed by atoms with Gasteiger partial charge in [-0.3, -0.25) is 0 Å². The third-order valence-electron chi connectivity index (χ3n) is 2.53. The first-order valence-corrected chi connectivity index (χ1v) is 5.70. The van der Waals surface area contributed by atoms with Gasteiger partial charge >= 0.3 is 0 Å². The largest absolute Gasteiger partial charge is 0.367 e. The van der Waals surface area contributed by atoms with Gasteiger partial charge in [0.1, 0.15) is 18.0 Å². The molecule has 0 aliphatic heterocycles. The maximum Gasteiger partial charge on any atom is 0.133 e. The molecule has 1 aromatic rings. The number of nitrogens with zero attached hydrogens (tertiary/aromatic N) is 3. The number of nitrogens with two attached hydrogens (primary N) is 1. The Kier molecular flexibility index (Phi) is 3.24. The highest BCUT2D eigenvalue weighted by atomic mass is 15.2. The zero-order valence-corrected chi connectivity index (χ0v) is 9.85. The summed E-state index contributed by atoms with van der Waals surface area (Å²) < 4.78 is 0. The molecule has 0 amide bonds. The fourth-order valence-electron chi connectivity index (χ4n) is 1.60. The van der Waals surface area contributed by atoms with E-state index in [1.807, 2.05) is 24.9 Å². The van der Waals surface area contributed by atoms with Crippen LogP contribution < -0.4 is 16.0 Å². The van der Waals surface area contributed by atoms with Crippen molar-refractivity contribution in [2.45, 2.75) is 31.8 Å². The van der Waals surface area contributed by atoms with Crippen LogP contribution in [0.25, 0.3) is 0 Å². The smallest absolute Gasteiger partial charge is 0.133 e. The van der Waals surface area contributed by atoms with Crippen LogP contribution in [0.2, 0.25) is 0 Å². The molecule has 3 N–H and O–H groups in total. The Balaban J connectivity index is 2.02. The number of rotatable bonds is 5. The van der Waals surface area contributed by atoms with E-state index >= 15 is 0 Å². The molecule has 0 saturated heterocycles. The van der Waals surface area contributed by atoms with Gasteiger partial charge < -0.3 is 16.0 Å².